The molecule has 27 heavy (non-hydrogen) atoms. The van der Waals surface area contributed by atoms with Crippen LogP contribution in [0.1, 0.15) is 47.5 Å². The summed E-state index contributed by atoms with van der Waals surface area (Å²) in [5.41, 5.74) is 5.80. The van der Waals surface area contributed by atoms with Crippen molar-refractivity contribution in [1.29, 1.82) is 0 Å². The number of allylic oxidation sites excluding steroid dienone is 2. The van der Waals surface area contributed by atoms with Crippen molar-refractivity contribution in [3.8, 4) is 5.95 Å². The van der Waals surface area contributed by atoms with Gasteiger partial charge in [0.15, 0.2) is 5.43 Å². The summed E-state index contributed by atoms with van der Waals surface area (Å²) in [6.07, 6.45) is 4.75. The summed E-state index contributed by atoms with van der Waals surface area (Å²) in [7, 11) is 1.50. The van der Waals surface area contributed by atoms with E-state index in [1.807, 2.05) is 0 Å². The van der Waals surface area contributed by atoms with Crippen LogP contribution in [0, 0.1) is 20.8 Å². The predicted octanol–water partition coefficient (Wildman–Crippen LogP) is 5.06. The van der Waals surface area contributed by atoms with E-state index in [2.05, 4.69) is 50.3 Å². The summed E-state index contributed by atoms with van der Waals surface area (Å²) >= 11 is 0. The number of methoxy groups -OCH3 is 1. The van der Waals surface area contributed by atoms with Crippen LogP contribution in [0.15, 0.2) is 50.7 Å². The third-order valence-corrected chi connectivity index (χ3v) is 4.86. The van der Waals surface area contributed by atoms with Crippen molar-refractivity contribution in [1.82, 2.24) is 0 Å². The molecule has 0 unspecified atom stereocenters. The van der Waals surface area contributed by atoms with E-state index >= 15 is 0 Å². The molecule has 0 saturated carbocycles. The highest BCUT2D eigenvalue weighted by atomic mass is 16.6. The molecule has 4 heteroatoms. The summed E-state index contributed by atoms with van der Waals surface area (Å²) in [4.78, 5) is 12.4. The molecule has 1 fully saturated rings. The highest BCUT2D eigenvalue weighted by Crippen LogP contribution is 2.35. The minimum absolute atomic E-state index is 0.0513. The van der Waals surface area contributed by atoms with Crippen LogP contribution in [0.25, 0.3) is 6.08 Å². The number of ether oxygens (including phenoxy) is 2. The van der Waals surface area contributed by atoms with Crippen LogP contribution >= 0.6 is 0 Å². The molecule has 2 heterocycles. The van der Waals surface area contributed by atoms with Crippen LogP contribution in [0.4, 0.5) is 0 Å². The summed E-state index contributed by atoms with van der Waals surface area (Å²) in [5, 5.41) is 0. The highest BCUT2D eigenvalue weighted by Gasteiger charge is 2.28. The molecule has 0 N–H and O–H groups in total. The molecular formula is C23H26O4. The van der Waals surface area contributed by atoms with Gasteiger partial charge in [-0.05, 0) is 38.8 Å². The first-order chi connectivity index (χ1) is 12.9. The number of benzene rings is 1. The average molecular weight is 366 g/mol. The lowest BCUT2D eigenvalue weighted by Gasteiger charge is -2.13. The van der Waals surface area contributed by atoms with Gasteiger partial charge >= 0.3 is 0 Å². The lowest BCUT2D eigenvalue weighted by atomic mass is 10.0. The smallest absolute Gasteiger partial charge is 0.291 e. The molecule has 2 aromatic rings. The van der Waals surface area contributed by atoms with E-state index < -0.39 is 0 Å². The van der Waals surface area contributed by atoms with Crippen LogP contribution in [0.5, 0.6) is 5.95 Å². The third kappa shape index (κ3) is 4.22. The Hall–Kier alpha value is -2.59. The predicted molar refractivity (Wildman–Crippen MR) is 107 cm³/mol. The Morgan fingerprint density at radius 1 is 1.15 bits per heavy atom. The second-order valence-electron chi connectivity index (χ2n) is 7.14. The number of hydrogen-bond donors (Lipinski definition) is 0. The SMILES string of the molecule is COc1oc([C@H]2C/C(=C/C(C)=C/c3ccc(C)cc3)CO2)c(C)c(=O)c1C. The lowest BCUT2D eigenvalue weighted by molar-refractivity contribution is 0.0880. The molecule has 0 radical (unpaired) electrons. The quantitative estimate of drug-likeness (QED) is 0.758. The standard InChI is InChI=1S/C23H26O4/c1-14-6-8-18(9-7-14)10-15(2)11-19-12-20(26-13-19)22-16(3)21(24)17(4)23(25-5)27-22/h6-11,20H,12-13H2,1-5H3/b15-10+,19-11-/t20-/m1/s1. The van der Waals surface area contributed by atoms with Crippen LogP contribution in [0.2, 0.25) is 0 Å². The maximum Gasteiger partial charge on any atom is 0.291 e. The molecule has 1 aliphatic heterocycles. The molecule has 3 rings (SSSR count). The van der Waals surface area contributed by atoms with Gasteiger partial charge in [0.1, 0.15) is 11.9 Å². The van der Waals surface area contributed by atoms with Crippen molar-refractivity contribution in [2.24, 2.45) is 0 Å². The Bertz CT molecular complexity index is 946. The summed E-state index contributed by atoms with van der Waals surface area (Å²) in [5.74, 6) is 0.822. The molecule has 0 amide bonds. The zero-order valence-electron chi connectivity index (χ0n) is 16.6. The molecule has 1 saturated heterocycles. The maximum atomic E-state index is 12.4. The van der Waals surface area contributed by atoms with Crippen molar-refractivity contribution in [2.75, 3.05) is 13.7 Å². The van der Waals surface area contributed by atoms with E-state index in [1.54, 1.807) is 13.8 Å². The molecule has 1 atom stereocenters. The molecule has 1 aromatic heterocycles. The van der Waals surface area contributed by atoms with E-state index in [-0.39, 0.29) is 17.5 Å². The van der Waals surface area contributed by atoms with Crippen molar-refractivity contribution >= 4 is 6.08 Å². The zero-order valence-corrected chi connectivity index (χ0v) is 16.6. The van der Waals surface area contributed by atoms with Crippen LogP contribution in [-0.4, -0.2) is 13.7 Å². The second-order valence-corrected chi connectivity index (χ2v) is 7.14. The fourth-order valence-corrected chi connectivity index (χ4v) is 3.36. The van der Waals surface area contributed by atoms with Gasteiger partial charge < -0.3 is 13.9 Å². The summed E-state index contributed by atoms with van der Waals surface area (Å²) < 4.78 is 16.9. The number of rotatable bonds is 4. The van der Waals surface area contributed by atoms with Gasteiger partial charge in [0.25, 0.3) is 5.95 Å². The van der Waals surface area contributed by atoms with E-state index in [9.17, 15) is 4.79 Å². The molecule has 4 nitrogen and oxygen atoms in total. The van der Waals surface area contributed by atoms with Crippen LogP contribution < -0.4 is 10.2 Å². The van der Waals surface area contributed by atoms with Crippen LogP contribution in [0.3, 0.4) is 0 Å². The first-order valence-corrected chi connectivity index (χ1v) is 9.13. The monoisotopic (exact) mass is 366 g/mol. The third-order valence-electron chi connectivity index (χ3n) is 4.86. The van der Waals surface area contributed by atoms with Gasteiger partial charge in [-0.15, -0.1) is 0 Å². The summed E-state index contributed by atoms with van der Waals surface area (Å²) in [6, 6.07) is 8.44. The Labute approximate surface area is 160 Å². The van der Waals surface area contributed by atoms with Gasteiger partial charge in [-0.25, -0.2) is 0 Å². The highest BCUT2D eigenvalue weighted by molar-refractivity contribution is 5.56. The average Bonchev–Trinajstić information content (AvgIpc) is 3.10. The van der Waals surface area contributed by atoms with Crippen molar-refractivity contribution in [2.45, 2.75) is 40.2 Å². The Kier molecular flexibility index (Phi) is 5.66. The van der Waals surface area contributed by atoms with Gasteiger partial charge in [-0.2, -0.15) is 0 Å². The lowest BCUT2D eigenvalue weighted by Crippen LogP contribution is -2.15. The van der Waals surface area contributed by atoms with E-state index in [4.69, 9.17) is 13.9 Å². The van der Waals surface area contributed by atoms with Gasteiger partial charge in [0.05, 0.1) is 19.3 Å². The minimum Gasteiger partial charge on any atom is -0.468 e. The molecule has 0 aliphatic carbocycles. The van der Waals surface area contributed by atoms with E-state index in [0.29, 0.717) is 29.9 Å². The minimum atomic E-state index is -0.259. The van der Waals surface area contributed by atoms with Crippen LogP contribution in [-0.2, 0) is 4.74 Å². The largest absolute Gasteiger partial charge is 0.468 e. The fourth-order valence-electron chi connectivity index (χ4n) is 3.36. The Morgan fingerprint density at radius 2 is 1.85 bits per heavy atom. The van der Waals surface area contributed by atoms with E-state index in [0.717, 1.165) is 5.57 Å². The van der Waals surface area contributed by atoms with Gasteiger partial charge in [0, 0.05) is 12.0 Å². The van der Waals surface area contributed by atoms with E-state index in [1.165, 1.54) is 23.8 Å². The summed E-state index contributed by atoms with van der Waals surface area (Å²) in [6.45, 7) is 8.19. The van der Waals surface area contributed by atoms with Gasteiger partial charge in [-0.1, -0.05) is 47.6 Å². The molecule has 0 bridgehead atoms. The topological polar surface area (TPSA) is 48.7 Å². The fraction of sp³-hybridized carbons (Fsp3) is 0.348. The van der Waals surface area contributed by atoms with Crippen molar-refractivity contribution in [3.63, 3.8) is 0 Å². The van der Waals surface area contributed by atoms with Gasteiger partial charge in [-0.3, -0.25) is 4.79 Å². The molecule has 142 valence electrons. The molecule has 0 spiro atoms. The molecule has 1 aromatic carbocycles. The van der Waals surface area contributed by atoms with Crippen molar-refractivity contribution < 1.29 is 13.9 Å². The number of aryl methyl sites for hydroxylation is 1. The maximum absolute atomic E-state index is 12.4. The zero-order chi connectivity index (χ0) is 19.6. The van der Waals surface area contributed by atoms with Crippen molar-refractivity contribution in [3.05, 3.63) is 79.7 Å². The first kappa shape index (κ1) is 19.2. The Balaban J connectivity index is 1.81. The molecule has 1 aliphatic rings. The number of hydrogen-bond acceptors (Lipinski definition) is 4. The first-order valence-electron chi connectivity index (χ1n) is 9.13. The normalized spacial score (nSPS) is 18.9. The second kappa shape index (κ2) is 7.97. The van der Waals surface area contributed by atoms with Gasteiger partial charge in [0.2, 0.25) is 0 Å². The molecular weight excluding hydrogens is 340 g/mol. The Morgan fingerprint density at radius 3 is 2.52 bits per heavy atom.